The number of aryl methyl sites for hydroxylation is 2. The largest absolute Gasteiger partial charge is 0.507 e. The van der Waals surface area contributed by atoms with E-state index in [1.54, 1.807) is 13.8 Å². The maximum absolute atomic E-state index is 10.3. The highest BCUT2D eigenvalue weighted by Gasteiger charge is 2.14. The van der Waals surface area contributed by atoms with Crippen molar-refractivity contribution in [1.82, 2.24) is 9.80 Å². The molecule has 8 nitrogen and oxygen atoms in total. The summed E-state index contributed by atoms with van der Waals surface area (Å²) in [6.07, 6.45) is 0.540. The molecule has 0 unspecified atom stereocenters. The normalized spacial score (nSPS) is 11.6. The lowest BCUT2D eigenvalue weighted by molar-refractivity contribution is 0.0227. The van der Waals surface area contributed by atoms with Gasteiger partial charge >= 0.3 is 0 Å². The second kappa shape index (κ2) is 10.5. The Kier molecular flexibility index (Phi) is 8.39. The first-order chi connectivity index (χ1) is 13.8. The molecule has 0 aliphatic carbocycles. The van der Waals surface area contributed by atoms with E-state index in [4.69, 9.17) is 0 Å². The van der Waals surface area contributed by atoms with Crippen LogP contribution in [-0.4, -0.2) is 67.4 Å². The molecule has 0 spiro atoms. The standard InChI is InChI=1S/C21H30N2O6/c1-14-3-16(6-18(20(14)28)8-22(10-24)11-25)5-17-4-15(2)21(29)19(7-17)9-23(12-26)13-27/h3-4,6-7,24-29H,5,8-13H2,1-2H3. The molecule has 0 atom stereocenters. The van der Waals surface area contributed by atoms with Gasteiger partial charge in [0.2, 0.25) is 0 Å². The van der Waals surface area contributed by atoms with Crippen LogP contribution in [0.5, 0.6) is 11.5 Å². The van der Waals surface area contributed by atoms with E-state index in [-0.39, 0.29) is 51.5 Å². The van der Waals surface area contributed by atoms with Crippen LogP contribution in [0.2, 0.25) is 0 Å². The molecule has 29 heavy (non-hydrogen) atoms. The average Bonchev–Trinajstić information content (AvgIpc) is 2.70. The Morgan fingerprint density at radius 1 is 0.621 bits per heavy atom. The Morgan fingerprint density at radius 2 is 0.966 bits per heavy atom. The van der Waals surface area contributed by atoms with Crippen LogP contribution >= 0.6 is 0 Å². The Morgan fingerprint density at radius 3 is 1.28 bits per heavy atom. The fraction of sp³-hybridized carbons (Fsp3) is 0.429. The number of benzene rings is 2. The van der Waals surface area contributed by atoms with Crippen LogP contribution in [0.4, 0.5) is 0 Å². The van der Waals surface area contributed by atoms with Gasteiger partial charge in [-0.2, -0.15) is 0 Å². The van der Waals surface area contributed by atoms with Crippen molar-refractivity contribution in [1.29, 1.82) is 0 Å². The number of phenols is 2. The molecule has 2 aromatic rings. The minimum atomic E-state index is -0.327. The van der Waals surface area contributed by atoms with E-state index < -0.39 is 0 Å². The molecule has 0 saturated carbocycles. The average molecular weight is 406 g/mol. The Bertz CT molecular complexity index is 752. The van der Waals surface area contributed by atoms with E-state index in [1.807, 2.05) is 24.3 Å². The minimum absolute atomic E-state index is 0.129. The van der Waals surface area contributed by atoms with E-state index in [9.17, 15) is 30.6 Å². The third-order valence-electron chi connectivity index (χ3n) is 4.87. The molecule has 0 amide bonds. The third kappa shape index (κ3) is 5.89. The highest BCUT2D eigenvalue weighted by Crippen LogP contribution is 2.29. The summed E-state index contributed by atoms with van der Waals surface area (Å²) in [6.45, 7) is 2.68. The molecule has 160 valence electrons. The molecule has 0 fully saturated rings. The van der Waals surface area contributed by atoms with Gasteiger partial charge in [0.25, 0.3) is 0 Å². The summed E-state index contributed by atoms with van der Waals surface area (Å²) >= 11 is 0. The van der Waals surface area contributed by atoms with Crippen LogP contribution in [0.25, 0.3) is 0 Å². The first-order valence-corrected chi connectivity index (χ1v) is 9.33. The van der Waals surface area contributed by atoms with Crippen molar-refractivity contribution in [2.75, 3.05) is 26.9 Å². The lowest BCUT2D eigenvalue weighted by atomic mass is 9.96. The van der Waals surface area contributed by atoms with Crippen LogP contribution < -0.4 is 0 Å². The van der Waals surface area contributed by atoms with E-state index >= 15 is 0 Å². The van der Waals surface area contributed by atoms with E-state index in [1.165, 1.54) is 9.80 Å². The summed E-state index contributed by atoms with van der Waals surface area (Å²) in [5.74, 6) is 0.259. The highest BCUT2D eigenvalue weighted by atomic mass is 16.3. The van der Waals surface area contributed by atoms with Gasteiger partial charge in [-0.25, -0.2) is 0 Å². The fourth-order valence-corrected chi connectivity index (χ4v) is 3.32. The van der Waals surface area contributed by atoms with Gasteiger partial charge in [-0.3, -0.25) is 9.80 Å². The summed E-state index contributed by atoms with van der Waals surface area (Å²) in [5, 5.41) is 57.8. The minimum Gasteiger partial charge on any atom is -0.507 e. The molecule has 0 aromatic heterocycles. The maximum Gasteiger partial charge on any atom is 0.122 e. The van der Waals surface area contributed by atoms with Crippen molar-refractivity contribution in [3.05, 3.63) is 57.6 Å². The molecule has 0 aliphatic rings. The van der Waals surface area contributed by atoms with Crippen molar-refractivity contribution in [3.8, 4) is 11.5 Å². The summed E-state index contributed by atoms with van der Waals surface area (Å²) in [5.41, 5.74) is 4.45. The predicted molar refractivity (Wildman–Crippen MR) is 108 cm³/mol. The van der Waals surface area contributed by atoms with Gasteiger partial charge in [0.15, 0.2) is 0 Å². The zero-order chi connectivity index (χ0) is 21.6. The number of phenolic OH excluding ortho intramolecular Hbond substituents is 2. The molecule has 0 bridgehead atoms. The lowest BCUT2D eigenvalue weighted by Gasteiger charge is -2.20. The van der Waals surface area contributed by atoms with Gasteiger partial charge in [-0.15, -0.1) is 0 Å². The molecule has 0 saturated heterocycles. The molecule has 2 aromatic carbocycles. The van der Waals surface area contributed by atoms with Crippen molar-refractivity contribution in [3.63, 3.8) is 0 Å². The summed E-state index contributed by atoms with van der Waals surface area (Å²) < 4.78 is 0. The number of aliphatic hydroxyl groups excluding tert-OH is 4. The monoisotopic (exact) mass is 406 g/mol. The number of nitrogens with zero attached hydrogens (tertiary/aromatic N) is 2. The number of hydrogen-bond acceptors (Lipinski definition) is 8. The topological polar surface area (TPSA) is 128 Å². The van der Waals surface area contributed by atoms with Crippen molar-refractivity contribution >= 4 is 0 Å². The van der Waals surface area contributed by atoms with Gasteiger partial charge in [0.05, 0.1) is 26.9 Å². The predicted octanol–water partition coefficient (Wildman–Crippen LogP) is 0.709. The molecular weight excluding hydrogens is 376 g/mol. The Balaban J connectivity index is 2.33. The zero-order valence-corrected chi connectivity index (χ0v) is 16.8. The van der Waals surface area contributed by atoms with Gasteiger partial charge in [0, 0.05) is 24.2 Å². The third-order valence-corrected chi connectivity index (χ3v) is 4.87. The quantitative estimate of drug-likeness (QED) is 0.319. The highest BCUT2D eigenvalue weighted by molar-refractivity contribution is 5.47. The number of hydrogen-bond donors (Lipinski definition) is 6. The van der Waals surface area contributed by atoms with Crippen molar-refractivity contribution in [2.45, 2.75) is 33.4 Å². The maximum atomic E-state index is 10.3. The second-order valence-corrected chi connectivity index (χ2v) is 7.24. The molecule has 0 heterocycles. The smallest absolute Gasteiger partial charge is 0.122 e. The lowest BCUT2D eigenvalue weighted by Crippen LogP contribution is -2.25. The zero-order valence-electron chi connectivity index (χ0n) is 16.8. The van der Waals surface area contributed by atoms with Gasteiger partial charge in [0.1, 0.15) is 11.5 Å². The second-order valence-electron chi connectivity index (χ2n) is 7.24. The molecule has 8 heteroatoms. The van der Waals surface area contributed by atoms with E-state index in [2.05, 4.69) is 0 Å². The first-order valence-electron chi connectivity index (χ1n) is 9.33. The summed E-state index contributed by atoms with van der Waals surface area (Å²) in [4.78, 5) is 2.75. The molecule has 0 radical (unpaired) electrons. The van der Waals surface area contributed by atoms with Gasteiger partial charge in [-0.1, -0.05) is 24.3 Å². The van der Waals surface area contributed by atoms with E-state index in [0.717, 1.165) is 11.1 Å². The van der Waals surface area contributed by atoms with Crippen LogP contribution in [-0.2, 0) is 19.5 Å². The molecular formula is C21H30N2O6. The van der Waals surface area contributed by atoms with E-state index in [0.29, 0.717) is 28.7 Å². The summed E-state index contributed by atoms with van der Waals surface area (Å²) in [6, 6.07) is 7.40. The van der Waals surface area contributed by atoms with Crippen LogP contribution in [0.3, 0.4) is 0 Å². The molecule has 0 aliphatic heterocycles. The SMILES string of the molecule is Cc1cc(Cc2cc(C)c(O)c(CN(CO)CO)c2)cc(CN(CO)CO)c1O. The van der Waals surface area contributed by atoms with Crippen LogP contribution in [0, 0.1) is 13.8 Å². The number of rotatable bonds is 10. The van der Waals surface area contributed by atoms with Crippen molar-refractivity contribution in [2.24, 2.45) is 0 Å². The van der Waals surface area contributed by atoms with Crippen LogP contribution in [0.15, 0.2) is 24.3 Å². The van der Waals surface area contributed by atoms with Crippen LogP contribution in [0.1, 0.15) is 33.4 Å². The Hall–Kier alpha value is -2.20. The Labute approximate surface area is 170 Å². The molecule has 6 N–H and O–H groups in total. The molecule has 2 rings (SSSR count). The van der Waals surface area contributed by atoms with Gasteiger partial charge in [-0.05, 0) is 42.5 Å². The fourth-order valence-electron chi connectivity index (χ4n) is 3.32. The van der Waals surface area contributed by atoms with Gasteiger partial charge < -0.3 is 30.6 Å². The number of aromatic hydroxyl groups is 2. The van der Waals surface area contributed by atoms with Crippen molar-refractivity contribution < 1.29 is 30.6 Å². The number of aliphatic hydroxyl groups is 4. The summed E-state index contributed by atoms with van der Waals surface area (Å²) in [7, 11) is 0. The first kappa shape index (κ1) is 23.1.